The van der Waals surface area contributed by atoms with Gasteiger partial charge >= 0.3 is 0 Å². The second-order valence-corrected chi connectivity index (χ2v) is 15.4. The van der Waals surface area contributed by atoms with Crippen molar-refractivity contribution in [2.24, 2.45) is 4.99 Å². The SMILES string of the molecule is CCCCC1=NC2(CCS(=O)(=O)C2)C(=O)N1Cc1ccc(-c2ccccc2S(=O)(=O)Nc2noc(C)c2C)c2oc(C)cc12. The smallest absolute Gasteiger partial charge is 0.263 e. The maximum Gasteiger partial charge on any atom is 0.263 e. The number of nitrogens with one attached hydrogen (secondary N) is 1. The van der Waals surface area contributed by atoms with Crippen molar-refractivity contribution in [1.82, 2.24) is 10.1 Å². The van der Waals surface area contributed by atoms with Gasteiger partial charge < -0.3 is 8.94 Å². The summed E-state index contributed by atoms with van der Waals surface area (Å²) in [7, 11) is -7.42. The third-order valence-corrected chi connectivity index (χ3v) is 11.6. The first-order valence-electron chi connectivity index (χ1n) is 14.5. The van der Waals surface area contributed by atoms with Gasteiger partial charge in [0.2, 0.25) is 0 Å². The molecule has 2 aliphatic rings. The number of benzene rings is 2. The number of carbonyl (C=O) groups is 1. The molecule has 232 valence electrons. The molecule has 1 fully saturated rings. The summed E-state index contributed by atoms with van der Waals surface area (Å²) in [4.78, 5) is 20.2. The lowest BCUT2D eigenvalue weighted by Crippen LogP contribution is -2.43. The van der Waals surface area contributed by atoms with Crippen molar-refractivity contribution in [3.63, 3.8) is 0 Å². The van der Waals surface area contributed by atoms with E-state index in [9.17, 15) is 21.6 Å². The van der Waals surface area contributed by atoms with Crippen LogP contribution in [0.5, 0.6) is 0 Å². The van der Waals surface area contributed by atoms with Crippen molar-refractivity contribution in [2.75, 3.05) is 16.2 Å². The quantitative estimate of drug-likeness (QED) is 0.259. The molecule has 0 bridgehead atoms. The van der Waals surface area contributed by atoms with Crippen LogP contribution < -0.4 is 4.72 Å². The van der Waals surface area contributed by atoms with E-state index in [1.54, 1.807) is 49.9 Å². The summed E-state index contributed by atoms with van der Waals surface area (Å²) in [5.41, 5.74) is 1.60. The Morgan fingerprint density at radius 2 is 1.86 bits per heavy atom. The minimum atomic E-state index is -4.07. The van der Waals surface area contributed by atoms with Crippen molar-refractivity contribution in [2.45, 2.75) is 70.4 Å². The summed E-state index contributed by atoms with van der Waals surface area (Å²) in [6.07, 6.45) is 2.47. The molecule has 1 N–H and O–H groups in total. The summed E-state index contributed by atoms with van der Waals surface area (Å²) < 4.78 is 65.8. The summed E-state index contributed by atoms with van der Waals surface area (Å²) in [5.74, 6) is 1.25. The first kappa shape index (κ1) is 30.1. The number of amidine groups is 1. The highest BCUT2D eigenvalue weighted by atomic mass is 32.2. The summed E-state index contributed by atoms with van der Waals surface area (Å²) in [6, 6.07) is 12.1. The summed E-state index contributed by atoms with van der Waals surface area (Å²) in [6.45, 7) is 7.47. The average molecular weight is 639 g/mol. The Kier molecular flexibility index (Phi) is 7.44. The number of anilines is 1. The number of hydrogen-bond acceptors (Lipinski definition) is 9. The number of nitrogens with zero attached hydrogens (tertiary/aromatic N) is 3. The second-order valence-electron chi connectivity index (χ2n) is 11.6. The highest BCUT2D eigenvalue weighted by molar-refractivity contribution is 7.93. The Labute approximate surface area is 256 Å². The van der Waals surface area contributed by atoms with Gasteiger partial charge in [-0.15, -0.1) is 0 Å². The van der Waals surface area contributed by atoms with E-state index in [-0.39, 0.29) is 41.1 Å². The van der Waals surface area contributed by atoms with E-state index in [4.69, 9.17) is 13.9 Å². The molecule has 4 heterocycles. The van der Waals surface area contributed by atoms with E-state index in [0.717, 1.165) is 23.8 Å². The Bertz CT molecular complexity index is 2040. The van der Waals surface area contributed by atoms with Gasteiger partial charge in [0.05, 0.1) is 22.9 Å². The molecule has 2 aliphatic heterocycles. The number of carbonyl (C=O) groups excluding carboxylic acids is 1. The summed E-state index contributed by atoms with van der Waals surface area (Å²) >= 11 is 0. The van der Waals surface area contributed by atoms with Crippen LogP contribution >= 0.6 is 0 Å². The number of fused-ring (bicyclic) bond motifs is 1. The fraction of sp³-hybridized carbons (Fsp3) is 0.387. The second kappa shape index (κ2) is 10.9. The molecule has 1 amide bonds. The number of sulfone groups is 1. The molecule has 1 atom stereocenters. The normalized spacial score (nSPS) is 19.8. The molecule has 0 saturated carbocycles. The number of amides is 1. The molecule has 0 aliphatic carbocycles. The lowest BCUT2D eigenvalue weighted by molar-refractivity contribution is -0.130. The van der Waals surface area contributed by atoms with Crippen LogP contribution in [0, 0.1) is 20.8 Å². The number of hydrogen-bond donors (Lipinski definition) is 1. The van der Waals surface area contributed by atoms with Crippen LogP contribution in [0.1, 0.15) is 55.3 Å². The Morgan fingerprint density at radius 1 is 1.09 bits per heavy atom. The molecule has 13 heteroatoms. The molecule has 2 aromatic heterocycles. The fourth-order valence-corrected chi connectivity index (χ4v) is 9.08. The number of sulfonamides is 1. The molecule has 11 nitrogen and oxygen atoms in total. The molecular weight excluding hydrogens is 604 g/mol. The largest absolute Gasteiger partial charge is 0.461 e. The minimum absolute atomic E-state index is 0.0382. The van der Waals surface area contributed by atoms with Crippen LogP contribution in [0.3, 0.4) is 0 Å². The lowest BCUT2D eigenvalue weighted by atomic mass is 9.98. The topological polar surface area (TPSA) is 152 Å². The third-order valence-electron chi connectivity index (χ3n) is 8.42. The van der Waals surface area contributed by atoms with Gasteiger partial charge in [0, 0.05) is 28.5 Å². The zero-order chi connectivity index (χ0) is 31.4. The predicted octanol–water partition coefficient (Wildman–Crippen LogP) is 5.30. The molecule has 6 rings (SSSR count). The number of aryl methyl sites for hydroxylation is 2. The van der Waals surface area contributed by atoms with Gasteiger partial charge in [-0.2, -0.15) is 0 Å². The monoisotopic (exact) mass is 638 g/mol. The Hall–Kier alpha value is -3.97. The van der Waals surface area contributed by atoms with E-state index in [0.29, 0.717) is 46.1 Å². The van der Waals surface area contributed by atoms with Gasteiger partial charge in [0.1, 0.15) is 22.9 Å². The van der Waals surface area contributed by atoms with Gasteiger partial charge in [-0.25, -0.2) is 16.8 Å². The maximum absolute atomic E-state index is 13.8. The van der Waals surface area contributed by atoms with Crippen LogP contribution in [0.4, 0.5) is 5.82 Å². The third kappa shape index (κ3) is 5.21. The molecule has 44 heavy (non-hydrogen) atoms. The maximum atomic E-state index is 13.8. The molecule has 4 aromatic rings. The van der Waals surface area contributed by atoms with Gasteiger partial charge in [-0.1, -0.05) is 48.8 Å². The predicted molar refractivity (Wildman–Crippen MR) is 167 cm³/mol. The van der Waals surface area contributed by atoms with Crippen LogP contribution in [0.2, 0.25) is 0 Å². The van der Waals surface area contributed by atoms with E-state index >= 15 is 0 Å². The zero-order valence-corrected chi connectivity index (χ0v) is 26.6. The van der Waals surface area contributed by atoms with Gasteiger partial charge in [0.25, 0.3) is 15.9 Å². The first-order valence-corrected chi connectivity index (χ1v) is 17.8. The van der Waals surface area contributed by atoms with Crippen LogP contribution in [-0.2, 0) is 31.2 Å². The van der Waals surface area contributed by atoms with Crippen LogP contribution in [-0.4, -0.2) is 55.7 Å². The van der Waals surface area contributed by atoms with Crippen molar-refractivity contribution in [1.29, 1.82) is 0 Å². The zero-order valence-electron chi connectivity index (χ0n) is 25.0. The number of aromatic nitrogens is 1. The molecular formula is C31H34N4O7S2. The summed E-state index contributed by atoms with van der Waals surface area (Å²) in [5, 5.41) is 4.58. The van der Waals surface area contributed by atoms with Crippen molar-refractivity contribution < 1.29 is 30.6 Å². The minimum Gasteiger partial charge on any atom is -0.461 e. The highest BCUT2D eigenvalue weighted by Gasteiger charge is 2.54. The lowest BCUT2D eigenvalue weighted by Gasteiger charge is -2.22. The van der Waals surface area contributed by atoms with Crippen molar-refractivity contribution >= 4 is 48.4 Å². The van der Waals surface area contributed by atoms with Gasteiger partial charge in [0.15, 0.2) is 21.2 Å². The fourth-order valence-electron chi connectivity index (χ4n) is 5.94. The molecule has 1 unspecified atom stereocenters. The highest BCUT2D eigenvalue weighted by Crippen LogP contribution is 2.40. The average Bonchev–Trinajstić information content (AvgIpc) is 3.69. The van der Waals surface area contributed by atoms with E-state index in [2.05, 4.69) is 16.8 Å². The molecule has 1 spiro atoms. The standard InChI is InChI=1S/C31H34N4O7S2/c1-5-6-11-27-32-31(14-15-43(37,38)18-31)30(36)35(27)17-22-12-13-24(28-25(22)16-19(2)41-28)23-9-7-8-10-26(23)44(39,40)34-29-20(3)21(4)42-33-29/h7-10,12-13,16H,5-6,11,14-15,17-18H2,1-4H3,(H,33,34). The molecule has 2 aromatic carbocycles. The first-order chi connectivity index (χ1) is 20.8. The van der Waals surface area contributed by atoms with Crippen molar-refractivity contribution in [3.8, 4) is 11.1 Å². The number of unbranched alkanes of at least 4 members (excludes halogenated alkanes) is 1. The number of aliphatic imine (C=N–C) groups is 1. The number of furan rings is 1. The Morgan fingerprint density at radius 3 is 2.55 bits per heavy atom. The van der Waals surface area contributed by atoms with Gasteiger partial charge in [-0.3, -0.25) is 19.4 Å². The van der Waals surface area contributed by atoms with E-state index < -0.39 is 25.4 Å². The number of rotatable bonds is 9. The molecule has 1 saturated heterocycles. The Balaban J connectivity index is 1.39. The van der Waals surface area contributed by atoms with Crippen LogP contribution in [0.15, 0.2) is 61.3 Å². The van der Waals surface area contributed by atoms with E-state index in [1.165, 1.54) is 6.07 Å². The van der Waals surface area contributed by atoms with Gasteiger partial charge in [-0.05, 0) is 51.3 Å². The van der Waals surface area contributed by atoms with E-state index in [1.807, 2.05) is 12.1 Å². The van der Waals surface area contributed by atoms with Crippen molar-refractivity contribution in [3.05, 3.63) is 65.1 Å². The van der Waals surface area contributed by atoms with Crippen LogP contribution in [0.25, 0.3) is 22.1 Å². The molecule has 0 radical (unpaired) electrons.